The number of hydrogen-bond acceptors (Lipinski definition) is 5. The maximum atomic E-state index is 12.4. The van der Waals surface area contributed by atoms with Crippen LogP contribution in [-0.2, 0) is 21.3 Å². The van der Waals surface area contributed by atoms with Gasteiger partial charge in [-0.25, -0.2) is 13.1 Å². The second-order valence-electron chi connectivity index (χ2n) is 7.22. The van der Waals surface area contributed by atoms with Gasteiger partial charge in [0.1, 0.15) is 0 Å². The van der Waals surface area contributed by atoms with Crippen molar-refractivity contribution in [3.05, 3.63) is 29.8 Å². The number of benzene rings is 1. The van der Waals surface area contributed by atoms with Gasteiger partial charge in [0.25, 0.3) is 0 Å². The molecule has 2 rings (SSSR count). The molecule has 8 nitrogen and oxygen atoms in total. The topological polar surface area (TPSA) is 95.1 Å². The van der Waals surface area contributed by atoms with E-state index in [1.807, 2.05) is 6.07 Å². The van der Waals surface area contributed by atoms with Crippen molar-refractivity contribution in [3.63, 3.8) is 0 Å². The molecule has 0 aromatic heterocycles. The summed E-state index contributed by atoms with van der Waals surface area (Å²) in [7, 11) is -0.250. The number of piperidine rings is 1. The van der Waals surface area contributed by atoms with Crippen LogP contribution in [0.15, 0.2) is 34.2 Å². The number of likely N-dealkylation sites (tertiary alicyclic amines) is 1. The fourth-order valence-corrected chi connectivity index (χ4v) is 4.46. The van der Waals surface area contributed by atoms with Gasteiger partial charge in [0.05, 0.1) is 11.5 Å². The van der Waals surface area contributed by atoms with E-state index in [1.165, 1.54) is 20.1 Å². The van der Waals surface area contributed by atoms with Crippen molar-refractivity contribution in [1.82, 2.24) is 20.3 Å². The monoisotopic (exact) mass is 553 g/mol. The third-order valence-electron chi connectivity index (χ3n) is 4.96. The molecule has 1 heterocycles. The Hall–Kier alpha value is -0.950. The van der Waals surface area contributed by atoms with Crippen LogP contribution in [0.1, 0.15) is 31.7 Å². The van der Waals surface area contributed by atoms with Crippen molar-refractivity contribution < 1.29 is 13.2 Å². The number of hydrogen-bond donors (Lipinski definition) is 3. The molecule has 172 valence electrons. The van der Waals surface area contributed by atoms with E-state index in [2.05, 4.69) is 32.2 Å². The van der Waals surface area contributed by atoms with E-state index < -0.39 is 10.0 Å². The van der Waals surface area contributed by atoms with Crippen LogP contribution in [0, 0.1) is 0 Å². The van der Waals surface area contributed by atoms with E-state index in [1.54, 1.807) is 25.2 Å². The highest BCUT2D eigenvalue weighted by Gasteiger charge is 2.19. The van der Waals surface area contributed by atoms with Crippen LogP contribution >= 0.6 is 24.0 Å². The van der Waals surface area contributed by atoms with E-state index in [4.69, 9.17) is 4.74 Å². The third-order valence-corrected chi connectivity index (χ3v) is 6.42. The van der Waals surface area contributed by atoms with Crippen molar-refractivity contribution in [2.75, 3.05) is 46.9 Å². The molecule has 0 atom stereocenters. The first-order valence-electron chi connectivity index (χ1n) is 10.3. The summed E-state index contributed by atoms with van der Waals surface area (Å²) >= 11 is 0. The fourth-order valence-electron chi connectivity index (χ4n) is 3.37. The fraction of sp³-hybridized carbons (Fsp3) is 0.650. The normalized spacial score (nSPS) is 16.2. The SMILES string of the molecule is CCCN1CCC(NC(=NC)NCc2cccc(S(=O)(=O)NCCOC)c2)CC1.I. The van der Waals surface area contributed by atoms with Gasteiger partial charge in [-0.05, 0) is 43.5 Å². The highest BCUT2D eigenvalue weighted by Crippen LogP contribution is 2.12. The first-order valence-corrected chi connectivity index (χ1v) is 11.7. The van der Waals surface area contributed by atoms with Gasteiger partial charge in [0.15, 0.2) is 5.96 Å². The minimum atomic E-state index is -3.54. The molecule has 0 spiro atoms. The van der Waals surface area contributed by atoms with Crippen molar-refractivity contribution in [2.45, 2.75) is 43.7 Å². The summed E-state index contributed by atoms with van der Waals surface area (Å²) in [6.45, 7) is 6.67. The molecule has 1 aromatic rings. The molecule has 0 saturated carbocycles. The Morgan fingerprint density at radius 3 is 2.67 bits per heavy atom. The second kappa shape index (κ2) is 14.2. The van der Waals surface area contributed by atoms with Crippen LogP contribution in [0.4, 0.5) is 0 Å². The van der Waals surface area contributed by atoms with Crippen molar-refractivity contribution in [3.8, 4) is 0 Å². The number of aliphatic imine (C=N–C) groups is 1. The molecule has 30 heavy (non-hydrogen) atoms. The Kier molecular flexibility index (Phi) is 12.8. The van der Waals surface area contributed by atoms with Crippen LogP contribution in [0.5, 0.6) is 0 Å². The standard InChI is InChI=1S/C20H35N5O3S.HI/c1-4-11-25-12-8-18(9-13-25)24-20(21-2)22-16-17-6-5-7-19(15-17)29(26,27)23-10-14-28-3;/h5-7,15,18,23H,4,8-14,16H2,1-3H3,(H2,21,22,24);1H. The van der Waals surface area contributed by atoms with Crippen LogP contribution in [0.25, 0.3) is 0 Å². The quantitative estimate of drug-likeness (QED) is 0.177. The molecule has 0 unspecified atom stereocenters. The zero-order chi connectivity index (χ0) is 21.1. The molecule has 0 aliphatic carbocycles. The van der Waals surface area contributed by atoms with Gasteiger partial charge < -0.3 is 20.3 Å². The van der Waals surface area contributed by atoms with E-state index in [0.29, 0.717) is 19.2 Å². The Morgan fingerprint density at radius 2 is 2.03 bits per heavy atom. The largest absolute Gasteiger partial charge is 0.383 e. The van der Waals surface area contributed by atoms with Crippen molar-refractivity contribution >= 4 is 40.0 Å². The van der Waals surface area contributed by atoms with Gasteiger partial charge >= 0.3 is 0 Å². The number of sulfonamides is 1. The molecule has 0 amide bonds. The lowest BCUT2D eigenvalue weighted by molar-refractivity contribution is 0.204. The van der Waals surface area contributed by atoms with Crippen LogP contribution in [0.2, 0.25) is 0 Å². The van der Waals surface area contributed by atoms with E-state index in [-0.39, 0.29) is 35.4 Å². The number of halogens is 1. The minimum absolute atomic E-state index is 0. The van der Waals surface area contributed by atoms with E-state index in [9.17, 15) is 8.42 Å². The maximum Gasteiger partial charge on any atom is 0.240 e. The third kappa shape index (κ3) is 9.04. The lowest BCUT2D eigenvalue weighted by Crippen LogP contribution is -2.48. The van der Waals surface area contributed by atoms with Crippen molar-refractivity contribution in [1.29, 1.82) is 0 Å². The Labute approximate surface area is 198 Å². The number of methoxy groups -OCH3 is 1. The Balaban J connectivity index is 0.00000450. The summed E-state index contributed by atoms with van der Waals surface area (Å²) < 4.78 is 32.2. The maximum absolute atomic E-state index is 12.4. The van der Waals surface area contributed by atoms with Gasteiger partial charge in [0, 0.05) is 46.4 Å². The lowest BCUT2D eigenvalue weighted by atomic mass is 10.1. The Bertz CT molecular complexity index is 753. The highest BCUT2D eigenvalue weighted by atomic mass is 127. The van der Waals surface area contributed by atoms with E-state index >= 15 is 0 Å². The lowest BCUT2D eigenvalue weighted by Gasteiger charge is -2.32. The first kappa shape index (κ1) is 27.1. The predicted molar refractivity (Wildman–Crippen MR) is 132 cm³/mol. The molecule has 3 N–H and O–H groups in total. The van der Waals surface area contributed by atoms with Gasteiger partial charge in [-0.3, -0.25) is 4.99 Å². The number of nitrogens with zero attached hydrogens (tertiary/aromatic N) is 2. The predicted octanol–water partition coefficient (Wildman–Crippen LogP) is 1.77. The zero-order valence-electron chi connectivity index (χ0n) is 18.2. The molecule has 1 fully saturated rings. The van der Waals surface area contributed by atoms with Gasteiger partial charge in [0.2, 0.25) is 10.0 Å². The number of guanidine groups is 1. The summed E-state index contributed by atoms with van der Waals surface area (Å²) in [5.74, 6) is 0.741. The number of rotatable bonds is 10. The minimum Gasteiger partial charge on any atom is -0.383 e. The average Bonchev–Trinajstić information content (AvgIpc) is 2.73. The second-order valence-corrected chi connectivity index (χ2v) is 8.99. The van der Waals surface area contributed by atoms with Crippen molar-refractivity contribution in [2.24, 2.45) is 4.99 Å². The summed E-state index contributed by atoms with van der Waals surface area (Å²) in [4.78, 5) is 7.06. The molecule has 1 aliphatic rings. The van der Waals surface area contributed by atoms with Crippen LogP contribution in [-0.4, -0.2) is 72.3 Å². The number of nitrogens with one attached hydrogen (secondary N) is 3. The summed E-state index contributed by atoms with van der Waals surface area (Å²) in [6, 6.07) is 7.33. The molecule has 1 saturated heterocycles. The molecule has 0 radical (unpaired) electrons. The van der Waals surface area contributed by atoms with E-state index in [0.717, 1.165) is 37.5 Å². The summed E-state index contributed by atoms with van der Waals surface area (Å²) in [6.07, 6.45) is 3.39. The first-order chi connectivity index (χ1) is 14.0. The highest BCUT2D eigenvalue weighted by molar-refractivity contribution is 14.0. The van der Waals surface area contributed by atoms with Gasteiger partial charge in [-0.1, -0.05) is 19.1 Å². The molecule has 1 aromatic carbocycles. The average molecular weight is 554 g/mol. The molecular weight excluding hydrogens is 517 g/mol. The molecule has 0 bridgehead atoms. The molecule has 10 heteroatoms. The molecule has 1 aliphatic heterocycles. The zero-order valence-corrected chi connectivity index (χ0v) is 21.3. The Morgan fingerprint density at radius 1 is 1.30 bits per heavy atom. The summed E-state index contributed by atoms with van der Waals surface area (Å²) in [5.41, 5.74) is 0.875. The van der Waals surface area contributed by atoms with Gasteiger partial charge in [-0.15, -0.1) is 24.0 Å². The smallest absolute Gasteiger partial charge is 0.240 e. The van der Waals surface area contributed by atoms with Crippen LogP contribution in [0.3, 0.4) is 0 Å². The summed E-state index contributed by atoms with van der Waals surface area (Å²) in [5, 5.41) is 6.78. The van der Waals surface area contributed by atoms with Crippen LogP contribution < -0.4 is 15.4 Å². The van der Waals surface area contributed by atoms with Gasteiger partial charge in [-0.2, -0.15) is 0 Å². The number of ether oxygens (including phenoxy) is 1. The molecular formula is C20H36IN5O3S.